The number of nitrogens with one attached hydrogen (secondary N) is 5. The van der Waals surface area contributed by atoms with E-state index in [2.05, 4.69) is 26.8 Å². The number of rotatable bonds is 18. The van der Waals surface area contributed by atoms with E-state index in [-0.39, 0.29) is 49.3 Å². The van der Waals surface area contributed by atoms with Crippen LogP contribution in [0.25, 0.3) is 0 Å². The molecule has 0 bridgehead atoms. The highest BCUT2D eigenvalue weighted by Gasteiger charge is 2.39. The lowest BCUT2D eigenvalue weighted by Crippen LogP contribution is -2.59. The van der Waals surface area contributed by atoms with Gasteiger partial charge in [-0.25, -0.2) is 19.9 Å². The van der Waals surface area contributed by atoms with Crippen LogP contribution in [-0.4, -0.2) is 112 Å². The highest BCUT2D eigenvalue weighted by molar-refractivity contribution is 6.00. The van der Waals surface area contributed by atoms with Crippen molar-refractivity contribution in [1.29, 1.82) is 0 Å². The molecule has 326 valence electrons. The molecule has 4 atom stereocenters. The van der Waals surface area contributed by atoms with Gasteiger partial charge in [-0.3, -0.25) is 34.2 Å². The van der Waals surface area contributed by atoms with Crippen molar-refractivity contribution < 1.29 is 58.0 Å². The zero-order valence-corrected chi connectivity index (χ0v) is 34.9. The van der Waals surface area contributed by atoms with Gasteiger partial charge in [0.25, 0.3) is 11.8 Å². The van der Waals surface area contributed by atoms with Crippen molar-refractivity contribution in [1.82, 2.24) is 31.7 Å². The van der Waals surface area contributed by atoms with Crippen molar-refractivity contribution in [2.75, 3.05) is 19.6 Å². The Hall–Kier alpha value is -5.50. The predicted octanol–water partition coefficient (Wildman–Crippen LogP) is 0.933. The SMILES string of the molecule is CC(C)(C)OC(=O)NNC(=O)[C@H](Cc1ccc(O)cc1)N(C(=O)CNC(=O)CNC(=O)[C@H](CC(CCN)C(C)(C)C)NC(=O)[C@@H](N)CCC(=O)O)C(=O)OC(C)(C)C. The molecule has 0 aromatic heterocycles. The van der Waals surface area contributed by atoms with Gasteiger partial charge in [-0.15, -0.1) is 0 Å². The fourth-order valence-electron chi connectivity index (χ4n) is 5.29. The molecule has 0 fully saturated rings. The molecule has 1 unspecified atom stereocenters. The van der Waals surface area contributed by atoms with Crippen LogP contribution >= 0.6 is 0 Å². The van der Waals surface area contributed by atoms with E-state index in [1.165, 1.54) is 45.0 Å². The van der Waals surface area contributed by atoms with Crippen LogP contribution in [0.3, 0.4) is 0 Å². The Balaban J connectivity index is 3.31. The van der Waals surface area contributed by atoms with Gasteiger partial charge in [0.05, 0.1) is 19.1 Å². The van der Waals surface area contributed by atoms with E-state index < -0.39 is 90.1 Å². The number of imide groups is 1. The van der Waals surface area contributed by atoms with Crippen molar-refractivity contribution in [2.24, 2.45) is 22.8 Å². The molecule has 0 aliphatic carbocycles. The summed E-state index contributed by atoms with van der Waals surface area (Å²) < 4.78 is 10.6. The minimum Gasteiger partial charge on any atom is -0.508 e. The van der Waals surface area contributed by atoms with Crippen LogP contribution in [0.4, 0.5) is 9.59 Å². The maximum atomic E-state index is 13.8. The van der Waals surface area contributed by atoms with Gasteiger partial charge in [-0.05, 0) is 96.4 Å². The molecule has 0 spiro atoms. The van der Waals surface area contributed by atoms with Gasteiger partial charge in [-0.2, -0.15) is 0 Å². The lowest BCUT2D eigenvalue weighted by Gasteiger charge is -2.33. The fourth-order valence-corrected chi connectivity index (χ4v) is 5.29. The number of hydrogen-bond donors (Lipinski definition) is 9. The van der Waals surface area contributed by atoms with E-state index in [1.807, 2.05) is 20.8 Å². The van der Waals surface area contributed by atoms with Crippen LogP contribution in [0.1, 0.15) is 93.6 Å². The van der Waals surface area contributed by atoms with Gasteiger partial charge in [-0.1, -0.05) is 32.9 Å². The van der Waals surface area contributed by atoms with E-state index in [0.29, 0.717) is 16.9 Å². The third-order valence-electron chi connectivity index (χ3n) is 8.28. The quantitative estimate of drug-likeness (QED) is 0.0931. The molecule has 7 amide bonds. The monoisotopic (exact) mass is 822 g/mol. The summed E-state index contributed by atoms with van der Waals surface area (Å²) in [6.45, 7) is 13.9. The number of carbonyl (C=O) groups is 8. The van der Waals surface area contributed by atoms with Gasteiger partial charge in [0.1, 0.15) is 29.0 Å². The number of carboxylic acids is 1. The summed E-state index contributed by atoms with van der Waals surface area (Å²) in [6.07, 6.45) is -2.60. The van der Waals surface area contributed by atoms with Gasteiger partial charge >= 0.3 is 18.2 Å². The third-order valence-corrected chi connectivity index (χ3v) is 8.28. The standard InChI is InChI=1S/C38H62N8O12/c1-36(2,3)23(16-17-39)19-26(43-31(52)25(40)14-15-30(50)51)32(53)42-20-28(48)41-21-29(49)46(35(56)58-38(7,8)9)27(18-22-10-12-24(47)13-11-22)33(54)44-45-34(55)57-37(4,5)6/h10-13,23,25-27,47H,14-21,39-40H2,1-9H3,(H,41,48)(H,42,53)(H,43,52)(H,44,54)(H,45,55)(H,50,51)/t23?,25-,26-,27-/m0/s1. The first kappa shape index (κ1) is 50.5. The zero-order chi connectivity index (χ0) is 44.6. The Morgan fingerprint density at radius 3 is 1.88 bits per heavy atom. The summed E-state index contributed by atoms with van der Waals surface area (Å²) >= 11 is 0. The van der Waals surface area contributed by atoms with Crippen molar-refractivity contribution in [3.05, 3.63) is 29.8 Å². The lowest BCUT2D eigenvalue weighted by molar-refractivity contribution is -0.140. The first-order valence-electron chi connectivity index (χ1n) is 18.8. The molecule has 20 heteroatoms. The van der Waals surface area contributed by atoms with Gasteiger partial charge < -0.3 is 47.1 Å². The molecule has 0 radical (unpaired) electrons. The van der Waals surface area contributed by atoms with Crippen LogP contribution in [0, 0.1) is 11.3 Å². The number of aliphatic carboxylic acids is 1. The van der Waals surface area contributed by atoms with E-state index in [4.69, 9.17) is 26.0 Å². The highest BCUT2D eigenvalue weighted by Crippen LogP contribution is 2.32. The van der Waals surface area contributed by atoms with Crippen molar-refractivity contribution in [2.45, 2.75) is 124 Å². The number of hydrogen-bond acceptors (Lipinski definition) is 13. The summed E-state index contributed by atoms with van der Waals surface area (Å²) in [7, 11) is 0. The third kappa shape index (κ3) is 19.6. The second-order valence-electron chi connectivity index (χ2n) is 16.7. The first-order chi connectivity index (χ1) is 26.6. The number of nitrogens with zero attached hydrogens (tertiary/aromatic N) is 1. The molecule has 1 aromatic carbocycles. The molecule has 0 heterocycles. The van der Waals surface area contributed by atoms with E-state index in [0.717, 1.165) is 0 Å². The number of nitrogens with two attached hydrogens (primary N) is 2. The van der Waals surface area contributed by atoms with E-state index in [1.54, 1.807) is 20.8 Å². The summed E-state index contributed by atoms with van der Waals surface area (Å²) in [4.78, 5) is 104. The molecule has 11 N–H and O–H groups in total. The number of carboxylic acid groups (broad SMARTS) is 1. The van der Waals surface area contributed by atoms with E-state index >= 15 is 0 Å². The van der Waals surface area contributed by atoms with E-state index in [9.17, 15) is 43.5 Å². The molecule has 20 nitrogen and oxygen atoms in total. The topological polar surface area (TPSA) is 311 Å². The molecule has 1 aromatic rings. The average Bonchev–Trinajstić information content (AvgIpc) is 3.08. The molecule has 1 rings (SSSR count). The van der Waals surface area contributed by atoms with Crippen molar-refractivity contribution in [3.63, 3.8) is 0 Å². The number of carbonyl (C=O) groups excluding carboxylic acids is 7. The van der Waals surface area contributed by atoms with Crippen molar-refractivity contribution in [3.8, 4) is 5.75 Å². The molecule has 0 aliphatic rings. The fraction of sp³-hybridized carbons (Fsp3) is 0.632. The molecule has 0 saturated heterocycles. The van der Waals surface area contributed by atoms with Crippen LogP contribution in [0.2, 0.25) is 0 Å². The summed E-state index contributed by atoms with van der Waals surface area (Å²) in [5, 5.41) is 26.0. The Kier molecular flexibility index (Phi) is 19.5. The summed E-state index contributed by atoms with van der Waals surface area (Å²) in [6, 6.07) is 1.41. The largest absolute Gasteiger partial charge is 0.508 e. The minimum atomic E-state index is -1.69. The average molecular weight is 823 g/mol. The van der Waals surface area contributed by atoms with Crippen LogP contribution in [0.5, 0.6) is 5.75 Å². The molecule has 0 saturated carbocycles. The molecule has 58 heavy (non-hydrogen) atoms. The second kappa shape index (κ2) is 22.4. The lowest BCUT2D eigenvalue weighted by atomic mass is 9.75. The smallest absolute Gasteiger partial charge is 0.426 e. The number of benzene rings is 1. The number of amides is 7. The number of phenolic OH excluding ortho intramolecular Hbond substituents is 1. The minimum absolute atomic E-state index is 0.0937. The van der Waals surface area contributed by atoms with Gasteiger partial charge in [0, 0.05) is 12.8 Å². The Morgan fingerprint density at radius 2 is 1.36 bits per heavy atom. The summed E-state index contributed by atoms with van der Waals surface area (Å²) in [5.74, 6) is -6.02. The van der Waals surface area contributed by atoms with Crippen LogP contribution in [0.15, 0.2) is 24.3 Å². The zero-order valence-electron chi connectivity index (χ0n) is 34.9. The Labute approximate surface area is 338 Å². The summed E-state index contributed by atoms with van der Waals surface area (Å²) in [5.41, 5.74) is 13.9. The first-order valence-corrected chi connectivity index (χ1v) is 18.8. The number of phenols is 1. The van der Waals surface area contributed by atoms with Gasteiger partial charge in [0.2, 0.25) is 17.7 Å². The predicted molar refractivity (Wildman–Crippen MR) is 210 cm³/mol. The number of aromatic hydroxyl groups is 1. The highest BCUT2D eigenvalue weighted by atomic mass is 16.6. The van der Waals surface area contributed by atoms with Gasteiger partial charge in [0.15, 0.2) is 0 Å². The maximum absolute atomic E-state index is 13.8. The molecule has 0 aliphatic heterocycles. The number of hydrazine groups is 1. The van der Waals surface area contributed by atoms with Crippen LogP contribution in [-0.2, 0) is 44.7 Å². The maximum Gasteiger partial charge on any atom is 0.426 e. The number of ether oxygens (including phenoxy) is 2. The Morgan fingerprint density at radius 1 is 0.776 bits per heavy atom. The molecular weight excluding hydrogens is 760 g/mol. The second-order valence-corrected chi connectivity index (χ2v) is 16.7. The normalized spacial score (nSPS) is 13.7. The molecular formula is C38H62N8O12. The Bertz CT molecular complexity index is 1600. The van der Waals surface area contributed by atoms with Crippen molar-refractivity contribution >= 4 is 47.7 Å². The van der Waals surface area contributed by atoms with Crippen LogP contribution < -0.4 is 38.3 Å².